The van der Waals surface area contributed by atoms with Gasteiger partial charge < -0.3 is 5.73 Å². The molecule has 3 rings (SSSR count). The van der Waals surface area contributed by atoms with Crippen molar-refractivity contribution in [2.24, 2.45) is 5.92 Å². The second-order valence-corrected chi connectivity index (χ2v) is 5.58. The van der Waals surface area contributed by atoms with Crippen LogP contribution >= 0.6 is 11.8 Å². The van der Waals surface area contributed by atoms with Gasteiger partial charge in [0.2, 0.25) is 0 Å². The Labute approximate surface area is 105 Å². The summed E-state index contributed by atoms with van der Waals surface area (Å²) >= 11 is 1.95. The van der Waals surface area contributed by atoms with Crippen LogP contribution in [-0.2, 0) is 0 Å². The summed E-state index contributed by atoms with van der Waals surface area (Å²) < 4.78 is 0. The van der Waals surface area contributed by atoms with E-state index in [4.69, 9.17) is 5.73 Å². The molecule has 0 bridgehead atoms. The molecule has 4 heteroatoms. The SMILES string of the molecule is Nc1cc(-c2ccc(SCC3CC3)cc2)[nH]n1. The maximum atomic E-state index is 5.59. The van der Waals surface area contributed by atoms with Crippen molar-refractivity contribution in [2.45, 2.75) is 17.7 Å². The number of hydrogen-bond donors (Lipinski definition) is 2. The second kappa shape index (κ2) is 4.45. The number of benzene rings is 1. The van der Waals surface area contributed by atoms with Gasteiger partial charge in [0.25, 0.3) is 0 Å². The lowest BCUT2D eigenvalue weighted by Crippen LogP contribution is -1.82. The van der Waals surface area contributed by atoms with Gasteiger partial charge in [0, 0.05) is 16.7 Å². The highest BCUT2D eigenvalue weighted by Gasteiger charge is 2.20. The zero-order valence-electron chi connectivity index (χ0n) is 9.52. The molecule has 2 aromatic rings. The van der Waals surface area contributed by atoms with E-state index in [1.54, 1.807) is 0 Å². The molecule has 17 heavy (non-hydrogen) atoms. The van der Waals surface area contributed by atoms with Crippen LogP contribution in [0.25, 0.3) is 11.3 Å². The summed E-state index contributed by atoms with van der Waals surface area (Å²) in [6.07, 6.45) is 2.83. The molecule has 1 fully saturated rings. The second-order valence-electron chi connectivity index (χ2n) is 4.49. The molecule has 1 heterocycles. The van der Waals surface area contributed by atoms with Crippen molar-refractivity contribution >= 4 is 17.6 Å². The Morgan fingerprint density at radius 3 is 2.65 bits per heavy atom. The number of nitrogens with two attached hydrogens (primary N) is 1. The molecule has 1 saturated carbocycles. The van der Waals surface area contributed by atoms with Crippen molar-refractivity contribution in [1.29, 1.82) is 0 Å². The minimum Gasteiger partial charge on any atom is -0.382 e. The fourth-order valence-electron chi connectivity index (χ4n) is 1.71. The van der Waals surface area contributed by atoms with Crippen molar-refractivity contribution in [3.05, 3.63) is 30.3 Å². The van der Waals surface area contributed by atoms with Crippen molar-refractivity contribution in [3.63, 3.8) is 0 Å². The third-order valence-electron chi connectivity index (χ3n) is 2.95. The Morgan fingerprint density at radius 2 is 2.06 bits per heavy atom. The van der Waals surface area contributed by atoms with E-state index in [0.29, 0.717) is 5.82 Å². The lowest BCUT2D eigenvalue weighted by atomic mass is 10.1. The van der Waals surface area contributed by atoms with Crippen molar-refractivity contribution < 1.29 is 0 Å². The number of nitrogen functional groups attached to an aromatic ring is 1. The van der Waals surface area contributed by atoms with Crippen molar-refractivity contribution in [2.75, 3.05) is 11.5 Å². The maximum Gasteiger partial charge on any atom is 0.145 e. The van der Waals surface area contributed by atoms with Gasteiger partial charge in [-0.1, -0.05) is 12.1 Å². The lowest BCUT2D eigenvalue weighted by molar-refractivity contribution is 1.000. The van der Waals surface area contributed by atoms with Gasteiger partial charge >= 0.3 is 0 Å². The number of nitrogens with one attached hydrogen (secondary N) is 1. The number of rotatable bonds is 4. The van der Waals surface area contributed by atoms with Crippen LogP contribution in [0.2, 0.25) is 0 Å². The van der Waals surface area contributed by atoms with Gasteiger partial charge in [0.15, 0.2) is 0 Å². The summed E-state index contributed by atoms with van der Waals surface area (Å²) in [6.45, 7) is 0. The Kier molecular flexibility index (Phi) is 2.81. The third kappa shape index (κ3) is 2.64. The summed E-state index contributed by atoms with van der Waals surface area (Å²) in [6, 6.07) is 10.4. The predicted octanol–water partition coefficient (Wildman–Crippen LogP) is 3.16. The van der Waals surface area contributed by atoms with Crippen LogP contribution in [0.1, 0.15) is 12.8 Å². The molecule has 1 aliphatic rings. The molecule has 0 spiro atoms. The summed E-state index contributed by atoms with van der Waals surface area (Å²) in [5.41, 5.74) is 7.69. The topological polar surface area (TPSA) is 54.7 Å². The first kappa shape index (κ1) is 10.7. The van der Waals surface area contributed by atoms with E-state index in [0.717, 1.165) is 17.2 Å². The molecule has 0 atom stereocenters. The molecule has 0 aliphatic heterocycles. The molecule has 0 radical (unpaired) electrons. The molecule has 0 amide bonds. The average Bonchev–Trinajstić information content (AvgIpc) is 3.09. The number of aromatic amines is 1. The summed E-state index contributed by atoms with van der Waals surface area (Å²) in [7, 11) is 0. The first-order valence-corrected chi connectivity index (χ1v) is 6.84. The van der Waals surface area contributed by atoms with Crippen molar-refractivity contribution in [1.82, 2.24) is 10.2 Å². The first-order chi connectivity index (χ1) is 8.31. The van der Waals surface area contributed by atoms with Gasteiger partial charge in [-0.2, -0.15) is 5.10 Å². The Balaban J connectivity index is 1.70. The van der Waals surface area contributed by atoms with E-state index >= 15 is 0 Å². The first-order valence-electron chi connectivity index (χ1n) is 5.85. The van der Waals surface area contributed by atoms with E-state index < -0.39 is 0 Å². The van der Waals surface area contributed by atoms with Crippen LogP contribution in [-0.4, -0.2) is 16.0 Å². The number of aromatic nitrogens is 2. The Morgan fingerprint density at radius 1 is 1.29 bits per heavy atom. The highest BCUT2D eigenvalue weighted by atomic mass is 32.2. The smallest absolute Gasteiger partial charge is 0.145 e. The van der Waals surface area contributed by atoms with Gasteiger partial charge in [-0.15, -0.1) is 11.8 Å². The molecule has 88 valence electrons. The van der Waals surface area contributed by atoms with Gasteiger partial charge in [0.1, 0.15) is 5.82 Å². The van der Waals surface area contributed by atoms with Crippen LogP contribution in [0.5, 0.6) is 0 Å². The Hall–Kier alpha value is -1.42. The summed E-state index contributed by atoms with van der Waals surface area (Å²) in [5, 5.41) is 6.85. The minimum atomic E-state index is 0.534. The fraction of sp³-hybridized carbons (Fsp3) is 0.308. The van der Waals surface area contributed by atoms with Crippen LogP contribution in [0.4, 0.5) is 5.82 Å². The lowest BCUT2D eigenvalue weighted by Gasteiger charge is -2.02. The van der Waals surface area contributed by atoms with E-state index in [1.165, 1.54) is 23.5 Å². The standard InChI is InChI=1S/C13H15N3S/c14-13-7-12(15-16-13)10-3-5-11(6-4-10)17-8-9-1-2-9/h3-7,9H,1-2,8H2,(H3,14,15,16). The predicted molar refractivity (Wildman–Crippen MR) is 71.9 cm³/mol. The number of thioether (sulfide) groups is 1. The molecule has 3 N–H and O–H groups in total. The van der Waals surface area contributed by atoms with Crippen LogP contribution in [0, 0.1) is 5.92 Å². The fourth-order valence-corrected chi connectivity index (χ4v) is 2.80. The van der Waals surface area contributed by atoms with Crippen LogP contribution in [0.15, 0.2) is 35.2 Å². The zero-order chi connectivity index (χ0) is 11.7. The molecular formula is C13H15N3S. The molecule has 1 aliphatic carbocycles. The largest absolute Gasteiger partial charge is 0.382 e. The highest BCUT2D eigenvalue weighted by Crippen LogP contribution is 2.35. The normalized spacial score (nSPS) is 15.1. The third-order valence-corrected chi connectivity index (χ3v) is 4.19. The molecule has 0 unspecified atom stereocenters. The molecule has 0 saturated heterocycles. The maximum absolute atomic E-state index is 5.59. The summed E-state index contributed by atoms with van der Waals surface area (Å²) in [5.74, 6) is 2.76. The van der Waals surface area contributed by atoms with Gasteiger partial charge in [-0.3, -0.25) is 5.10 Å². The average molecular weight is 245 g/mol. The number of nitrogens with zero attached hydrogens (tertiary/aromatic N) is 1. The monoisotopic (exact) mass is 245 g/mol. The van der Waals surface area contributed by atoms with Gasteiger partial charge in [-0.05, 0) is 36.5 Å². The van der Waals surface area contributed by atoms with Crippen LogP contribution < -0.4 is 5.73 Å². The van der Waals surface area contributed by atoms with E-state index in [9.17, 15) is 0 Å². The zero-order valence-corrected chi connectivity index (χ0v) is 10.3. The van der Waals surface area contributed by atoms with Crippen LogP contribution in [0.3, 0.4) is 0 Å². The molecule has 3 nitrogen and oxygen atoms in total. The number of anilines is 1. The quantitative estimate of drug-likeness (QED) is 0.813. The molecule has 1 aromatic heterocycles. The van der Waals surface area contributed by atoms with E-state index in [-0.39, 0.29) is 0 Å². The van der Waals surface area contributed by atoms with Crippen molar-refractivity contribution in [3.8, 4) is 11.3 Å². The van der Waals surface area contributed by atoms with E-state index in [2.05, 4.69) is 34.5 Å². The van der Waals surface area contributed by atoms with Gasteiger partial charge in [-0.25, -0.2) is 0 Å². The Bertz CT molecular complexity index is 500. The van der Waals surface area contributed by atoms with E-state index in [1.807, 2.05) is 17.8 Å². The minimum absolute atomic E-state index is 0.534. The van der Waals surface area contributed by atoms with Gasteiger partial charge in [0.05, 0.1) is 5.69 Å². The highest BCUT2D eigenvalue weighted by molar-refractivity contribution is 7.99. The summed E-state index contributed by atoms with van der Waals surface area (Å²) in [4.78, 5) is 1.34. The molecule has 1 aromatic carbocycles. The number of H-pyrrole nitrogens is 1. The number of hydrogen-bond acceptors (Lipinski definition) is 3. The molecular weight excluding hydrogens is 230 g/mol.